The smallest absolute Gasteiger partial charge is 0.321 e. The highest BCUT2D eigenvalue weighted by Gasteiger charge is 2.29. The average Bonchev–Trinajstić information content (AvgIpc) is 3.06. The fourth-order valence-corrected chi connectivity index (χ4v) is 2.44. The Morgan fingerprint density at radius 3 is 2.92 bits per heavy atom. The SMILES string of the molecule is C[C@@H]1Oc2ccc(NC(=O)N(C)Cc3ccon3)cc2N(C)C1=O. The van der Waals surface area contributed by atoms with E-state index in [4.69, 9.17) is 9.26 Å². The van der Waals surface area contributed by atoms with Crippen LogP contribution in [-0.4, -0.2) is 42.2 Å². The molecule has 2 heterocycles. The van der Waals surface area contributed by atoms with E-state index in [1.54, 1.807) is 45.3 Å². The summed E-state index contributed by atoms with van der Waals surface area (Å²) in [7, 11) is 3.34. The van der Waals surface area contributed by atoms with Gasteiger partial charge in [-0.25, -0.2) is 4.79 Å². The zero-order valence-electron chi connectivity index (χ0n) is 13.6. The van der Waals surface area contributed by atoms with Crippen molar-refractivity contribution >= 4 is 23.3 Å². The first kappa shape index (κ1) is 15.9. The Kier molecular flexibility index (Phi) is 4.11. The van der Waals surface area contributed by atoms with Gasteiger partial charge in [0.1, 0.15) is 17.7 Å². The molecule has 1 aromatic carbocycles. The molecule has 2 aromatic rings. The molecule has 24 heavy (non-hydrogen) atoms. The van der Waals surface area contributed by atoms with Crippen LogP contribution in [0.25, 0.3) is 0 Å². The highest BCUT2D eigenvalue weighted by Crippen LogP contribution is 2.35. The minimum absolute atomic E-state index is 0.130. The van der Waals surface area contributed by atoms with Gasteiger partial charge in [0.05, 0.1) is 12.2 Å². The number of hydrogen-bond donors (Lipinski definition) is 1. The summed E-state index contributed by atoms with van der Waals surface area (Å²) in [5.41, 5.74) is 1.85. The van der Waals surface area contributed by atoms with Crippen LogP contribution in [0.5, 0.6) is 5.75 Å². The second-order valence-corrected chi connectivity index (χ2v) is 5.62. The highest BCUT2D eigenvalue weighted by molar-refractivity contribution is 6.00. The number of nitrogens with zero attached hydrogens (tertiary/aromatic N) is 3. The summed E-state index contributed by atoms with van der Waals surface area (Å²) in [6.07, 6.45) is 0.940. The van der Waals surface area contributed by atoms with Crippen LogP contribution in [0.3, 0.4) is 0 Å². The highest BCUT2D eigenvalue weighted by atomic mass is 16.5. The van der Waals surface area contributed by atoms with Crippen molar-refractivity contribution in [3.63, 3.8) is 0 Å². The monoisotopic (exact) mass is 330 g/mol. The van der Waals surface area contributed by atoms with Gasteiger partial charge >= 0.3 is 6.03 Å². The largest absolute Gasteiger partial charge is 0.479 e. The van der Waals surface area contributed by atoms with Crippen molar-refractivity contribution in [2.24, 2.45) is 0 Å². The number of hydrogen-bond acceptors (Lipinski definition) is 5. The van der Waals surface area contributed by atoms with E-state index in [0.717, 1.165) is 0 Å². The van der Waals surface area contributed by atoms with Crippen molar-refractivity contribution < 1.29 is 18.8 Å². The van der Waals surface area contributed by atoms with Crippen molar-refractivity contribution in [2.75, 3.05) is 24.3 Å². The predicted molar refractivity (Wildman–Crippen MR) is 86.9 cm³/mol. The third-order valence-electron chi connectivity index (χ3n) is 3.79. The van der Waals surface area contributed by atoms with E-state index in [1.807, 2.05) is 0 Å². The van der Waals surface area contributed by atoms with Crippen molar-refractivity contribution in [1.29, 1.82) is 0 Å². The predicted octanol–water partition coefficient (Wildman–Crippen LogP) is 2.08. The van der Waals surface area contributed by atoms with Gasteiger partial charge in [0, 0.05) is 25.8 Å². The van der Waals surface area contributed by atoms with Gasteiger partial charge < -0.3 is 24.4 Å². The third kappa shape index (κ3) is 3.03. The molecule has 1 atom stereocenters. The lowest BCUT2D eigenvalue weighted by molar-refractivity contribution is -0.125. The zero-order valence-corrected chi connectivity index (χ0v) is 13.6. The number of amides is 3. The van der Waals surface area contributed by atoms with Gasteiger partial charge in [-0.1, -0.05) is 5.16 Å². The van der Waals surface area contributed by atoms with Gasteiger partial charge in [0.2, 0.25) is 0 Å². The second-order valence-electron chi connectivity index (χ2n) is 5.62. The molecule has 0 fully saturated rings. The number of likely N-dealkylation sites (N-methyl/N-ethyl adjacent to an activating group) is 1. The van der Waals surface area contributed by atoms with Gasteiger partial charge in [-0.15, -0.1) is 0 Å². The maximum atomic E-state index is 12.2. The molecule has 0 radical (unpaired) electrons. The van der Waals surface area contributed by atoms with Gasteiger partial charge in [-0.05, 0) is 25.1 Å². The lowest BCUT2D eigenvalue weighted by atomic mass is 10.2. The molecule has 1 aliphatic heterocycles. The maximum absolute atomic E-state index is 12.2. The molecule has 3 amide bonds. The summed E-state index contributed by atoms with van der Waals surface area (Å²) < 4.78 is 10.3. The Bertz CT molecular complexity index is 759. The summed E-state index contributed by atoms with van der Waals surface area (Å²) in [6.45, 7) is 2.03. The summed E-state index contributed by atoms with van der Waals surface area (Å²) in [6, 6.07) is 6.58. The van der Waals surface area contributed by atoms with Crippen LogP contribution >= 0.6 is 0 Å². The quantitative estimate of drug-likeness (QED) is 0.931. The van der Waals surface area contributed by atoms with Crippen molar-refractivity contribution in [3.05, 3.63) is 36.2 Å². The van der Waals surface area contributed by atoms with Gasteiger partial charge in [0.15, 0.2) is 6.10 Å². The number of fused-ring (bicyclic) bond motifs is 1. The molecule has 0 unspecified atom stereocenters. The fourth-order valence-electron chi connectivity index (χ4n) is 2.44. The molecule has 0 bridgehead atoms. The number of carbonyl (C=O) groups excluding carboxylic acids is 2. The number of carbonyl (C=O) groups is 2. The van der Waals surface area contributed by atoms with Gasteiger partial charge in [-0.3, -0.25) is 4.79 Å². The molecule has 0 aliphatic carbocycles. The molecule has 0 saturated heterocycles. The number of ether oxygens (including phenoxy) is 1. The molecule has 1 aromatic heterocycles. The van der Waals surface area contributed by atoms with E-state index in [1.165, 1.54) is 16.1 Å². The molecule has 8 nitrogen and oxygen atoms in total. The zero-order chi connectivity index (χ0) is 17.3. The van der Waals surface area contributed by atoms with E-state index >= 15 is 0 Å². The maximum Gasteiger partial charge on any atom is 0.321 e. The molecule has 0 spiro atoms. The van der Waals surface area contributed by atoms with Crippen LogP contribution < -0.4 is 15.0 Å². The molecule has 126 valence electrons. The van der Waals surface area contributed by atoms with Crippen LogP contribution in [0.1, 0.15) is 12.6 Å². The van der Waals surface area contributed by atoms with E-state index in [2.05, 4.69) is 10.5 Å². The Morgan fingerprint density at radius 1 is 1.42 bits per heavy atom. The first-order chi connectivity index (χ1) is 11.5. The Hall–Kier alpha value is -3.03. The minimum atomic E-state index is -0.517. The summed E-state index contributed by atoms with van der Waals surface area (Å²) in [5, 5.41) is 6.56. The van der Waals surface area contributed by atoms with Crippen molar-refractivity contribution in [2.45, 2.75) is 19.6 Å². The van der Waals surface area contributed by atoms with E-state index < -0.39 is 6.10 Å². The van der Waals surface area contributed by atoms with Crippen LogP contribution in [0.4, 0.5) is 16.2 Å². The molecule has 0 saturated carbocycles. The Balaban J connectivity index is 1.72. The van der Waals surface area contributed by atoms with Crippen LogP contribution in [0.2, 0.25) is 0 Å². The van der Waals surface area contributed by atoms with Crippen molar-refractivity contribution in [3.8, 4) is 5.75 Å². The minimum Gasteiger partial charge on any atom is -0.479 e. The summed E-state index contributed by atoms with van der Waals surface area (Å²) in [4.78, 5) is 27.2. The molecular formula is C16H18N4O4. The van der Waals surface area contributed by atoms with E-state index in [-0.39, 0.29) is 11.9 Å². The molecule has 8 heteroatoms. The number of benzene rings is 1. The number of nitrogens with one attached hydrogen (secondary N) is 1. The van der Waals surface area contributed by atoms with Crippen molar-refractivity contribution in [1.82, 2.24) is 10.1 Å². The number of rotatable bonds is 3. The molecule has 3 rings (SSSR count). The standard InChI is InChI=1S/C16H18N4O4/c1-10-15(21)20(3)13-8-11(4-5-14(13)24-10)17-16(22)19(2)9-12-6-7-23-18-12/h4-8,10H,9H2,1-3H3,(H,17,22)/t10-/m0/s1. The normalized spacial score (nSPS) is 16.4. The average molecular weight is 330 g/mol. The Labute approximate surface area is 139 Å². The number of anilines is 2. The van der Waals surface area contributed by atoms with Crippen LogP contribution in [0, 0.1) is 0 Å². The lowest BCUT2D eigenvalue weighted by Gasteiger charge is -2.30. The number of urea groups is 1. The van der Waals surface area contributed by atoms with E-state index in [9.17, 15) is 9.59 Å². The lowest BCUT2D eigenvalue weighted by Crippen LogP contribution is -2.42. The first-order valence-corrected chi connectivity index (χ1v) is 7.45. The first-order valence-electron chi connectivity index (χ1n) is 7.45. The Morgan fingerprint density at radius 2 is 2.21 bits per heavy atom. The summed E-state index contributed by atoms with van der Waals surface area (Å²) >= 11 is 0. The molecule has 1 N–H and O–H groups in total. The topological polar surface area (TPSA) is 87.9 Å². The van der Waals surface area contributed by atoms with Crippen LogP contribution in [-0.2, 0) is 11.3 Å². The van der Waals surface area contributed by atoms with Gasteiger partial charge in [-0.2, -0.15) is 0 Å². The van der Waals surface area contributed by atoms with E-state index in [0.29, 0.717) is 29.4 Å². The fraction of sp³-hybridized carbons (Fsp3) is 0.312. The molecule has 1 aliphatic rings. The second kappa shape index (κ2) is 6.23. The van der Waals surface area contributed by atoms with Crippen LogP contribution in [0.15, 0.2) is 35.1 Å². The summed E-state index contributed by atoms with van der Waals surface area (Å²) in [5.74, 6) is 0.479. The third-order valence-corrected chi connectivity index (χ3v) is 3.79. The number of aromatic nitrogens is 1. The molecular weight excluding hydrogens is 312 g/mol. The van der Waals surface area contributed by atoms with Gasteiger partial charge in [0.25, 0.3) is 5.91 Å².